The van der Waals surface area contributed by atoms with Crippen LogP contribution in [0.25, 0.3) is 22.5 Å². The Morgan fingerprint density at radius 1 is 1.29 bits per heavy atom. The monoisotopic (exact) mass is 397 g/mol. The van der Waals surface area contributed by atoms with E-state index >= 15 is 0 Å². The molecule has 0 spiro atoms. The van der Waals surface area contributed by atoms with Crippen molar-refractivity contribution in [1.29, 1.82) is 0 Å². The van der Waals surface area contributed by atoms with Gasteiger partial charge in [-0.1, -0.05) is 23.9 Å². The van der Waals surface area contributed by atoms with Gasteiger partial charge in [-0.15, -0.1) is 10.2 Å². The zero-order chi connectivity index (χ0) is 19.7. The van der Waals surface area contributed by atoms with Crippen LogP contribution in [0.2, 0.25) is 0 Å². The molecule has 8 nitrogen and oxygen atoms in total. The number of aryl methyl sites for hydroxylation is 2. The highest BCUT2D eigenvalue weighted by Crippen LogP contribution is 2.26. The van der Waals surface area contributed by atoms with Gasteiger partial charge in [0.25, 0.3) is 11.1 Å². The summed E-state index contributed by atoms with van der Waals surface area (Å²) in [5.41, 5.74) is 2.68. The molecule has 4 aromatic rings. The van der Waals surface area contributed by atoms with Gasteiger partial charge in [0.2, 0.25) is 5.91 Å². The normalized spacial score (nSPS) is 12.4. The van der Waals surface area contributed by atoms with E-state index < -0.39 is 0 Å². The number of fused-ring (bicyclic) bond motifs is 1. The van der Waals surface area contributed by atoms with Crippen molar-refractivity contribution in [2.24, 2.45) is 7.05 Å². The molecule has 0 saturated heterocycles. The Hall–Kier alpha value is -3.07. The Labute approximate surface area is 165 Å². The van der Waals surface area contributed by atoms with E-state index in [0.717, 1.165) is 22.4 Å². The minimum Gasteiger partial charge on any atom is -0.469 e. The molecule has 1 aromatic carbocycles. The summed E-state index contributed by atoms with van der Waals surface area (Å²) in [5, 5.41) is 11.3. The third-order valence-electron chi connectivity index (χ3n) is 4.41. The lowest BCUT2D eigenvalue weighted by atomic mass is 10.3. The summed E-state index contributed by atoms with van der Waals surface area (Å²) < 4.78 is 12.8. The van der Waals surface area contributed by atoms with Gasteiger partial charge in [0.15, 0.2) is 0 Å². The van der Waals surface area contributed by atoms with Crippen LogP contribution in [-0.2, 0) is 11.8 Å². The van der Waals surface area contributed by atoms with Gasteiger partial charge in [-0.2, -0.15) is 0 Å². The lowest BCUT2D eigenvalue weighted by molar-refractivity contribution is -0.119. The third kappa shape index (κ3) is 3.53. The molecule has 1 unspecified atom stereocenters. The second-order valence-corrected chi connectivity index (χ2v) is 7.29. The Morgan fingerprint density at radius 3 is 2.86 bits per heavy atom. The van der Waals surface area contributed by atoms with Crippen LogP contribution in [0.15, 0.2) is 50.7 Å². The number of para-hydroxylation sites is 2. The van der Waals surface area contributed by atoms with Crippen LogP contribution in [-0.4, -0.2) is 31.4 Å². The first-order chi connectivity index (χ1) is 13.5. The number of aromatic nitrogens is 4. The molecule has 144 valence electrons. The predicted octanol–water partition coefficient (Wildman–Crippen LogP) is 3.49. The maximum absolute atomic E-state index is 12.3. The second-order valence-electron chi connectivity index (χ2n) is 6.36. The molecule has 0 fully saturated rings. The summed E-state index contributed by atoms with van der Waals surface area (Å²) >= 11 is 1.19. The SMILES string of the molecule is Cc1occc1-c1nnc(SCC(=O)NC(C)c2nc3ccccc3n2C)o1. The van der Waals surface area contributed by atoms with Crippen LogP contribution in [0.3, 0.4) is 0 Å². The van der Waals surface area contributed by atoms with Crippen molar-refractivity contribution in [1.82, 2.24) is 25.1 Å². The van der Waals surface area contributed by atoms with Gasteiger partial charge in [0, 0.05) is 7.05 Å². The number of benzene rings is 1. The summed E-state index contributed by atoms with van der Waals surface area (Å²) in [7, 11) is 1.94. The molecule has 0 aliphatic heterocycles. The van der Waals surface area contributed by atoms with E-state index in [1.807, 2.05) is 49.7 Å². The number of hydrogen-bond acceptors (Lipinski definition) is 7. The third-order valence-corrected chi connectivity index (χ3v) is 5.23. The number of carbonyl (C=O) groups excluding carboxylic acids is 1. The first kappa shape index (κ1) is 18.3. The average Bonchev–Trinajstić information content (AvgIpc) is 3.39. The second kappa shape index (κ2) is 7.51. The molecule has 0 radical (unpaired) electrons. The molecule has 3 aromatic heterocycles. The molecule has 0 saturated carbocycles. The number of nitrogens with zero attached hydrogens (tertiary/aromatic N) is 4. The number of hydrogen-bond donors (Lipinski definition) is 1. The number of thioether (sulfide) groups is 1. The van der Waals surface area contributed by atoms with Gasteiger partial charge in [-0.3, -0.25) is 4.79 Å². The molecule has 4 rings (SSSR count). The maximum Gasteiger partial charge on any atom is 0.277 e. The van der Waals surface area contributed by atoms with Gasteiger partial charge in [-0.25, -0.2) is 4.98 Å². The fourth-order valence-corrected chi connectivity index (χ4v) is 3.58. The topological polar surface area (TPSA) is 99.0 Å². The maximum atomic E-state index is 12.3. The Bertz CT molecular complexity index is 1130. The summed E-state index contributed by atoms with van der Waals surface area (Å²) in [5.74, 6) is 1.91. The zero-order valence-corrected chi connectivity index (χ0v) is 16.5. The molecule has 0 bridgehead atoms. The van der Waals surface area contributed by atoms with E-state index in [0.29, 0.717) is 16.9 Å². The van der Waals surface area contributed by atoms with E-state index in [1.165, 1.54) is 11.8 Å². The van der Waals surface area contributed by atoms with E-state index in [4.69, 9.17) is 8.83 Å². The summed E-state index contributed by atoms with van der Waals surface area (Å²) in [6.07, 6.45) is 1.57. The zero-order valence-electron chi connectivity index (χ0n) is 15.7. The van der Waals surface area contributed by atoms with Crippen LogP contribution < -0.4 is 5.32 Å². The van der Waals surface area contributed by atoms with Crippen LogP contribution in [0.1, 0.15) is 24.6 Å². The molecule has 1 atom stereocenters. The van der Waals surface area contributed by atoms with E-state index in [9.17, 15) is 4.79 Å². The minimum atomic E-state index is -0.225. The van der Waals surface area contributed by atoms with Gasteiger partial charge in [-0.05, 0) is 32.0 Å². The highest BCUT2D eigenvalue weighted by molar-refractivity contribution is 7.99. The van der Waals surface area contributed by atoms with Crippen molar-refractivity contribution < 1.29 is 13.6 Å². The van der Waals surface area contributed by atoms with Crippen molar-refractivity contribution in [3.63, 3.8) is 0 Å². The Kier molecular flexibility index (Phi) is 4.91. The molecule has 3 heterocycles. The molecule has 1 N–H and O–H groups in total. The van der Waals surface area contributed by atoms with Gasteiger partial charge in [0.1, 0.15) is 11.6 Å². The smallest absolute Gasteiger partial charge is 0.277 e. The number of nitrogens with one attached hydrogen (secondary N) is 1. The van der Waals surface area contributed by atoms with Crippen molar-refractivity contribution in [3.8, 4) is 11.5 Å². The first-order valence-electron chi connectivity index (χ1n) is 8.74. The number of imidazole rings is 1. The molecule has 0 aliphatic rings. The standard InChI is InChI=1S/C19H19N5O3S/c1-11(17-21-14-6-4-5-7-15(14)24(17)3)20-16(25)10-28-19-23-22-18(27-19)13-8-9-26-12(13)2/h4-9,11H,10H2,1-3H3,(H,20,25). The summed E-state index contributed by atoms with van der Waals surface area (Å²) in [4.78, 5) is 17.0. The van der Waals surface area contributed by atoms with E-state index in [-0.39, 0.29) is 17.7 Å². The minimum absolute atomic E-state index is 0.135. The van der Waals surface area contributed by atoms with Crippen LogP contribution in [0, 0.1) is 6.92 Å². The van der Waals surface area contributed by atoms with Gasteiger partial charge < -0.3 is 18.7 Å². The molecule has 9 heteroatoms. The highest BCUT2D eigenvalue weighted by atomic mass is 32.2. The van der Waals surface area contributed by atoms with Crippen LogP contribution in [0.4, 0.5) is 0 Å². The molecule has 1 amide bonds. The molecule has 28 heavy (non-hydrogen) atoms. The lowest BCUT2D eigenvalue weighted by Crippen LogP contribution is -2.29. The quantitative estimate of drug-likeness (QED) is 0.497. The Balaban J connectivity index is 1.37. The summed E-state index contributed by atoms with van der Waals surface area (Å²) in [6.45, 7) is 3.73. The van der Waals surface area contributed by atoms with Crippen molar-refractivity contribution in [2.45, 2.75) is 25.1 Å². The predicted molar refractivity (Wildman–Crippen MR) is 105 cm³/mol. The van der Waals surface area contributed by atoms with Gasteiger partial charge in [0.05, 0.1) is 34.7 Å². The van der Waals surface area contributed by atoms with Crippen molar-refractivity contribution >= 4 is 28.7 Å². The number of carbonyl (C=O) groups is 1. The first-order valence-corrected chi connectivity index (χ1v) is 9.73. The van der Waals surface area contributed by atoms with Crippen LogP contribution >= 0.6 is 11.8 Å². The largest absolute Gasteiger partial charge is 0.469 e. The number of amides is 1. The van der Waals surface area contributed by atoms with E-state index in [1.54, 1.807) is 12.3 Å². The fraction of sp³-hybridized carbons (Fsp3) is 0.263. The molecular weight excluding hydrogens is 378 g/mol. The molecule has 0 aliphatic carbocycles. The van der Waals surface area contributed by atoms with E-state index in [2.05, 4.69) is 20.5 Å². The summed E-state index contributed by atoms with van der Waals surface area (Å²) in [6, 6.07) is 9.42. The molecular formula is C19H19N5O3S. The van der Waals surface area contributed by atoms with Crippen molar-refractivity contribution in [2.75, 3.05) is 5.75 Å². The number of rotatable bonds is 6. The highest BCUT2D eigenvalue weighted by Gasteiger charge is 2.18. The average molecular weight is 397 g/mol. The Morgan fingerprint density at radius 2 is 2.11 bits per heavy atom. The fourth-order valence-electron chi connectivity index (χ4n) is 3.01. The number of furan rings is 1. The lowest BCUT2D eigenvalue weighted by Gasteiger charge is -2.13. The van der Waals surface area contributed by atoms with Crippen LogP contribution in [0.5, 0.6) is 0 Å². The van der Waals surface area contributed by atoms with Crippen molar-refractivity contribution in [3.05, 3.63) is 48.2 Å². The van der Waals surface area contributed by atoms with Gasteiger partial charge >= 0.3 is 0 Å².